The van der Waals surface area contributed by atoms with E-state index in [9.17, 15) is 4.79 Å². The van der Waals surface area contributed by atoms with Crippen LogP contribution < -0.4 is 4.74 Å². The van der Waals surface area contributed by atoms with Crippen molar-refractivity contribution in [2.45, 2.75) is 18.9 Å². The van der Waals surface area contributed by atoms with Crippen LogP contribution >= 0.6 is 23.2 Å². The molecule has 0 radical (unpaired) electrons. The number of benzene rings is 2. The second kappa shape index (κ2) is 8.20. The van der Waals surface area contributed by atoms with Crippen molar-refractivity contribution in [2.24, 2.45) is 0 Å². The van der Waals surface area contributed by atoms with E-state index in [4.69, 9.17) is 32.4 Å². The van der Waals surface area contributed by atoms with Gasteiger partial charge in [-0.3, -0.25) is 4.79 Å². The molecule has 2 heterocycles. The minimum Gasteiger partial charge on any atom is -0.439 e. The molecule has 28 heavy (non-hydrogen) atoms. The summed E-state index contributed by atoms with van der Waals surface area (Å²) in [5.74, 6) is 0.200. The molecular weight excluding hydrogens is 401 g/mol. The van der Waals surface area contributed by atoms with Crippen molar-refractivity contribution >= 4 is 29.1 Å². The van der Waals surface area contributed by atoms with Gasteiger partial charge in [0.1, 0.15) is 0 Å². The molecule has 1 aliphatic rings. The molecule has 0 spiro atoms. The van der Waals surface area contributed by atoms with Gasteiger partial charge in [0.15, 0.2) is 6.61 Å². The summed E-state index contributed by atoms with van der Waals surface area (Å²) in [6.07, 6.45) is 1.75. The predicted octanol–water partition coefficient (Wildman–Crippen LogP) is 4.79. The lowest BCUT2D eigenvalue weighted by molar-refractivity contribution is -0.134. The maximum Gasteiger partial charge on any atom is 0.415 e. The minimum atomic E-state index is -0.172. The Morgan fingerprint density at radius 3 is 2.75 bits per heavy atom. The van der Waals surface area contributed by atoms with Crippen molar-refractivity contribution in [3.05, 3.63) is 64.1 Å². The van der Waals surface area contributed by atoms with E-state index < -0.39 is 0 Å². The van der Waals surface area contributed by atoms with Crippen LogP contribution in [0.5, 0.6) is 6.08 Å². The van der Waals surface area contributed by atoms with Gasteiger partial charge < -0.3 is 14.1 Å². The molecule has 1 aliphatic heterocycles. The molecule has 2 aromatic carbocycles. The third-order valence-corrected chi connectivity index (χ3v) is 5.39. The van der Waals surface area contributed by atoms with Crippen molar-refractivity contribution in [3.63, 3.8) is 0 Å². The average Bonchev–Trinajstić information content (AvgIpc) is 3.39. The number of rotatable bonds is 5. The highest BCUT2D eigenvalue weighted by Gasteiger charge is 2.30. The molecule has 1 saturated heterocycles. The molecule has 0 N–H and O–H groups in total. The molecule has 1 atom stereocenters. The van der Waals surface area contributed by atoms with Gasteiger partial charge in [-0.05, 0) is 42.7 Å². The first-order chi connectivity index (χ1) is 13.6. The molecule has 3 aromatic rings. The number of carbonyl (C=O) groups excluding carboxylic acids is 1. The standard InChI is InChI=1S/C20H17Cl2N3O3/c21-15-9-8-14(11-16(15)22)17-7-4-10-25(17)18(26)12-27-20-24-23-19(28-20)13-5-2-1-3-6-13/h1-3,5-6,8-9,11,17H,4,7,10,12H2/t17-/m1/s1. The number of amides is 1. The average molecular weight is 418 g/mol. The SMILES string of the molecule is O=C(COc1nnc(-c2ccccc2)o1)N1CCC[C@@H]1c1ccc(Cl)c(Cl)c1. The fraction of sp³-hybridized carbons (Fsp3) is 0.250. The number of ether oxygens (including phenoxy) is 1. The Morgan fingerprint density at radius 1 is 1.14 bits per heavy atom. The lowest BCUT2D eigenvalue weighted by Crippen LogP contribution is -2.34. The first-order valence-electron chi connectivity index (χ1n) is 8.88. The number of nitrogens with zero attached hydrogens (tertiary/aromatic N) is 3. The van der Waals surface area contributed by atoms with Crippen LogP contribution in [0.3, 0.4) is 0 Å². The predicted molar refractivity (Wildman–Crippen MR) is 105 cm³/mol. The number of halogens is 2. The summed E-state index contributed by atoms with van der Waals surface area (Å²) in [6.45, 7) is 0.487. The second-order valence-electron chi connectivity index (χ2n) is 6.45. The van der Waals surface area contributed by atoms with Gasteiger partial charge in [-0.15, -0.1) is 5.10 Å². The van der Waals surface area contributed by atoms with Crippen LogP contribution in [-0.4, -0.2) is 34.2 Å². The first kappa shape index (κ1) is 18.8. The molecular formula is C20H17Cl2N3O3. The van der Waals surface area contributed by atoms with E-state index in [2.05, 4.69) is 10.2 Å². The summed E-state index contributed by atoms with van der Waals surface area (Å²) in [5.41, 5.74) is 1.75. The van der Waals surface area contributed by atoms with Crippen LogP contribution in [0, 0.1) is 0 Å². The molecule has 0 bridgehead atoms. The summed E-state index contributed by atoms with van der Waals surface area (Å²) in [7, 11) is 0. The van der Waals surface area contributed by atoms with E-state index in [-0.39, 0.29) is 24.6 Å². The molecule has 1 aromatic heterocycles. The zero-order valence-electron chi connectivity index (χ0n) is 14.8. The zero-order valence-corrected chi connectivity index (χ0v) is 16.4. The van der Waals surface area contributed by atoms with Gasteiger partial charge in [0.25, 0.3) is 11.8 Å². The first-order valence-corrected chi connectivity index (χ1v) is 9.63. The smallest absolute Gasteiger partial charge is 0.415 e. The number of likely N-dealkylation sites (tertiary alicyclic amines) is 1. The van der Waals surface area contributed by atoms with E-state index in [1.807, 2.05) is 42.5 Å². The number of carbonyl (C=O) groups is 1. The van der Waals surface area contributed by atoms with Crippen molar-refractivity contribution in [1.29, 1.82) is 0 Å². The van der Waals surface area contributed by atoms with Crippen LogP contribution in [0.4, 0.5) is 0 Å². The van der Waals surface area contributed by atoms with Gasteiger partial charge in [-0.25, -0.2) is 0 Å². The van der Waals surface area contributed by atoms with Crippen LogP contribution in [0.25, 0.3) is 11.5 Å². The molecule has 1 fully saturated rings. The Labute approximate surface area is 172 Å². The molecule has 0 saturated carbocycles. The lowest BCUT2D eigenvalue weighted by Gasteiger charge is -2.25. The maximum absolute atomic E-state index is 12.7. The molecule has 8 heteroatoms. The van der Waals surface area contributed by atoms with Crippen LogP contribution in [0.1, 0.15) is 24.4 Å². The lowest BCUT2D eigenvalue weighted by atomic mass is 10.0. The zero-order chi connectivity index (χ0) is 19.5. The summed E-state index contributed by atoms with van der Waals surface area (Å²) in [4.78, 5) is 14.5. The Balaban J connectivity index is 1.40. The second-order valence-corrected chi connectivity index (χ2v) is 7.26. The molecule has 1 amide bonds. The fourth-order valence-corrected chi connectivity index (χ4v) is 3.61. The van der Waals surface area contributed by atoms with Crippen LogP contribution in [-0.2, 0) is 4.79 Å². The van der Waals surface area contributed by atoms with Crippen LogP contribution in [0.2, 0.25) is 10.0 Å². The highest BCUT2D eigenvalue weighted by molar-refractivity contribution is 6.42. The van der Waals surface area contributed by atoms with Crippen LogP contribution in [0.15, 0.2) is 52.9 Å². The summed E-state index contributed by atoms with van der Waals surface area (Å²) in [6, 6.07) is 14.8. The Kier molecular flexibility index (Phi) is 5.50. The van der Waals surface area contributed by atoms with Gasteiger partial charge in [0.2, 0.25) is 0 Å². The topological polar surface area (TPSA) is 68.5 Å². The number of hydrogen-bond acceptors (Lipinski definition) is 5. The van der Waals surface area contributed by atoms with E-state index in [1.54, 1.807) is 11.0 Å². The van der Waals surface area contributed by atoms with Gasteiger partial charge in [-0.1, -0.05) is 52.6 Å². The highest BCUT2D eigenvalue weighted by atomic mass is 35.5. The van der Waals surface area contributed by atoms with Gasteiger partial charge in [-0.2, -0.15) is 0 Å². The molecule has 144 valence electrons. The molecule has 0 unspecified atom stereocenters. The molecule has 4 rings (SSSR count). The largest absolute Gasteiger partial charge is 0.439 e. The summed E-state index contributed by atoms with van der Waals surface area (Å²) < 4.78 is 10.9. The van der Waals surface area contributed by atoms with Gasteiger partial charge in [0.05, 0.1) is 16.1 Å². The van der Waals surface area contributed by atoms with Gasteiger partial charge >= 0.3 is 6.08 Å². The minimum absolute atomic E-state index is 0.0301. The third kappa shape index (κ3) is 3.98. The van der Waals surface area contributed by atoms with E-state index in [0.717, 1.165) is 24.0 Å². The van der Waals surface area contributed by atoms with E-state index >= 15 is 0 Å². The summed E-state index contributed by atoms with van der Waals surface area (Å²) in [5, 5.41) is 8.77. The maximum atomic E-state index is 12.7. The van der Waals surface area contributed by atoms with Crippen molar-refractivity contribution in [2.75, 3.05) is 13.2 Å². The fourth-order valence-electron chi connectivity index (χ4n) is 3.30. The third-order valence-electron chi connectivity index (χ3n) is 4.65. The Bertz CT molecular complexity index is 978. The Morgan fingerprint density at radius 2 is 1.96 bits per heavy atom. The van der Waals surface area contributed by atoms with Crippen molar-refractivity contribution < 1.29 is 13.9 Å². The van der Waals surface area contributed by atoms with Crippen molar-refractivity contribution in [1.82, 2.24) is 15.1 Å². The monoisotopic (exact) mass is 417 g/mol. The van der Waals surface area contributed by atoms with E-state index in [0.29, 0.717) is 22.5 Å². The number of aromatic nitrogens is 2. The van der Waals surface area contributed by atoms with Gasteiger partial charge in [0, 0.05) is 12.1 Å². The normalized spacial score (nSPS) is 16.4. The van der Waals surface area contributed by atoms with Crippen molar-refractivity contribution in [3.8, 4) is 17.5 Å². The highest BCUT2D eigenvalue weighted by Crippen LogP contribution is 2.35. The molecule has 0 aliphatic carbocycles. The summed E-state index contributed by atoms with van der Waals surface area (Å²) >= 11 is 12.1. The molecule has 6 nitrogen and oxygen atoms in total. The quantitative estimate of drug-likeness (QED) is 0.596. The number of hydrogen-bond donors (Lipinski definition) is 0. The van der Waals surface area contributed by atoms with E-state index in [1.165, 1.54) is 0 Å². The Hall–Kier alpha value is -2.57.